The molecule has 0 saturated heterocycles. The van der Waals surface area contributed by atoms with Gasteiger partial charge in [-0.15, -0.1) is 11.8 Å². The minimum Gasteiger partial charge on any atom is -0.399 e. The van der Waals surface area contributed by atoms with Crippen molar-refractivity contribution in [2.24, 2.45) is 0 Å². The van der Waals surface area contributed by atoms with E-state index in [1.807, 2.05) is 12.1 Å². The molecule has 0 fully saturated rings. The maximum atomic E-state index is 13.1. The number of nitrogens with zero attached hydrogens (tertiary/aromatic N) is 1. The standard InChI is InChI=1S/C12H11FN2S/c13-10-5-9(6-11(14)7-10)8-16-12-1-3-15-4-2-12/h1-7H,8,14H2. The molecule has 0 bridgehead atoms. The Morgan fingerprint density at radius 1 is 1.19 bits per heavy atom. The largest absolute Gasteiger partial charge is 0.399 e. The maximum absolute atomic E-state index is 13.1. The number of benzene rings is 1. The molecule has 2 rings (SSSR count). The molecule has 0 radical (unpaired) electrons. The van der Waals surface area contributed by atoms with E-state index < -0.39 is 0 Å². The highest BCUT2D eigenvalue weighted by molar-refractivity contribution is 7.98. The number of nitrogen functional groups attached to an aromatic ring is 1. The second-order valence-corrected chi connectivity index (χ2v) is 4.41. The molecule has 2 aromatic rings. The topological polar surface area (TPSA) is 38.9 Å². The Morgan fingerprint density at radius 3 is 2.62 bits per heavy atom. The third-order valence-electron chi connectivity index (χ3n) is 2.04. The summed E-state index contributed by atoms with van der Waals surface area (Å²) in [4.78, 5) is 5.04. The molecule has 1 aromatic heterocycles. The molecule has 82 valence electrons. The second-order valence-electron chi connectivity index (χ2n) is 3.36. The summed E-state index contributed by atoms with van der Waals surface area (Å²) in [5.41, 5.74) is 6.92. The zero-order valence-electron chi connectivity index (χ0n) is 8.56. The van der Waals surface area contributed by atoms with Gasteiger partial charge in [-0.2, -0.15) is 0 Å². The highest BCUT2D eigenvalue weighted by Gasteiger charge is 2.00. The van der Waals surface area contributed by atoms with Crippen LogP contribution in [0.25, 0.3) is 0 Å². The number of halogens is 1. The quantitative estimate of drug-likeness (QED) is 0.655. The molecule has 1 aromatic carbocycles. The van der Waals surface area contributed by atoms with Gasteiger partial charge in [0.1, 0.15) is 5.82 Å². The molecule has 0 amide bonds. The van der Waals surface area contributed by atoms with Crippen molar-refractivity contribution in [1.29, 1.82) is 0 Å². The zero-order chi connectivity index (χ0) is 11.4. The van der Waals surface area contributed by atoms with Crippen LogP contribution in [0.4, 0.5) is 10.1 Å². The van der Waals surface area contributed by atoms with Gasteiger partial charge in [-0.25, -0.2) is 4.39 Å². The summed E-state index contributed by atoms with van der Waals surface area (Å²) < 4.78 is 13.1. The Morgan fingerprint density at radius 2 is 1.94 bits per heavy atom. The van der Waals surface area contributed by atoms with E-state index in [1.165, 1.54) is 12.1 Å². The molecule has 0 unspecified atom stereocenters. The van der Waals surface area contributed by atoms with E-state index in [-0.39, 0.29) is 5.82 Å². The lowest BCUT2D eigenvalue weighted by Gasteiger charge is -2.03. The molecule has 16 heavy (non-hydrogen) atoms. The lowest BCUT2D eigenvalue weighted by molar-refractivity contribution is 0.627. The molecular weight excluding hydrogens is 223 g/mol. The van der Waals surface area contributed by atoms with Crippen molar-refractivity contribution in [3.05, 3.63) is 54.1 Å². The molecule has 0 aliphatic heterocycles. The molecule has 0 atom stereocenters. The fraction of sp³-hybridized carbons (Fsp3) is 0.0833. The van der Waals surface area contributed by atoms with Gasteiger partial charge in [-0.1, -0.05) is 0 Å². The van der Waals surface area contributed by atoms with Crippen molar-refractivity contribution < 1.29 is 4.39 Å². The Balaban J connectivity index is 2.05. The van der Waals surface area contributed by atoms with Crippen molar-refractivity contribution in [1.82, 2.24) is 4.98 Å². The van der Waals surface area contributed by atoms with E-state index in [4.69, 9.17) is 5.73 Å². The molecule has 0 aliphatic rings. The van der Waals surface area contributed by atoms with Gasteiger partial charge in [0.05, 0.1) is 0 Å². The van der Waals surface area contributed by atoms with Gasteiger partial charge in [-0.05, 0) is 35.9 Å². The van der Waals surface area contributed by atoms with Crippen LogP contribution in [0.15, 0.2) is 47.6 Å². The first-order valence-corrected chi connectivity index (χ1v) is 5.80. The lowest BCUT2D eigenvalue weighted by atomic mass is 10.2. The average molecular weight is 234 g/mol. The van der Waals surface area contributed by atoms with Crippen molar-refractivity contribution in [2.75, 3.05) is 5.73 Å². The number of anilines is 1. The summed E-state index contributed by atoms with van der Waals surface area (Å²) in [7, 11) is 0. The van der Waals surface area contributed by atoms with E-state index in [1.54, 1.807) is 30.2 Å². The first kappa shape index (κ1) is 11.0. The van der Waals surface area contributed by atoms with Crippen LogP contribution in [-0.4, -0.2) is 4.98 Å². The van der Waals surface area contributed by atoms with Crippen LogP contribution in [-0.2, 0) is 5.75 Å². The normalized spacial score (nSPS) is 10.3. The first-order valence-electron chi connectivity index (χ1n) is 4.82. The Bertz CT molecular complexity index is 453. The maximum Gasteiger partial charge on any atom is 0.125 e. The van der Waals surface area contributed by atoms with Crippen LogP contribution in [0, 0.1) is 5.82 Å². The Hall–Kier alpha value is -1.55. The van der Waals surface area contributed by atoms with Crippen LogP contribution >= 0.6 is 11.8 Å². The van der Waals surface area contributed by atoms with E-state index in [2.05, 4.69) is 4.98 Å². The summed E-state index contributed by atoms with van der Waals surface area (Å²) in [6, 6.07) is 8.46. The molecule has 4 heteroatoms. The van der Waals surface area contributed by atoms with Crippen LogP contribution in [0.5, 0.6) is 0 Å². The number of pyridine rings is 1. The fourth-order valence-electron chi connectivity index (χ4n) is 1.36. The summed E-state index contributed by atoms with van der Waals surface area (Å²) in [6.45, 7) is 0. The van der Waals surface area contributed by atoms with Crippen molar-refractivity contribution in [3.8, 4) is 0 Å². The zero-order valence-corrected chi connectivity index (χ0v) is 9.38. The molecule has 0 saturated carbocycles. The van der Waals surface area contributed by atoms with Gasteiger partial charge in [-0.3, -0.25) is 4.98 Å². The monoisotopic (exact) mass is 234 g/mol. The lowest BCUT2D eigenvalue weighted by Crippen LogP contribution is -1.90. The molecule has 2 N–H and O–H groups in total. The summed E-state index contributed by atoms with van der Waals surface area (Å²) in [6.07, 6.45) is 3.48. The third kappa shape index (κ3) is 2.97. The van der Waals surface area contributed by atoms with Gasteiger partial charge in [0, 0.05) is 28.7 Å². The molecule has 0 aliphatic carbocycles. The minimum atomic E-state index is -0.287. The molecular formula is C12H11FN2S. The van der Waals surface area contributed by atoms with Crippen LogP contribution in [0.3, 0.4) is 0 Å². The summed E-state index contributed by atoms with van der Waals surface area (Å²) in [5.74, 6) is 0.414. The molecule has 1 heterocycles. The smallest absolute Gasteiger partial charge is 0.125 e. The van der Waals surface area contributed by atoms with Gasteiger partial charge < -0.3 is 5.73 Å². The van der Waals surface area contributed by atoms with Gasteiger partial charge in [0.2, 0.25) is 0 Å². The van der Waals surface area contributed by atoms with Gasteiger partial charge >= 0.3 is 0 Å². The van der Waals surface area contributed by atoms with E-state index >= 15 is 0 Å². The predicted octanol–water partition coefficient (Wildman–Crippen LogP) is 3.10. The fourth-order valence-corrected chi connectivity index (χ4v) is 2.17. The second kappa shape index (κ2) is 4.99. The SMILES string of the molecule is Nc1cc(F)cc(CSc2ccncc2)c1. The number of nitrogens with two attached hydrogens (primary N) is 1. The number of aromatic nitrogens is 1. The first-order chi connectivity index (χ1) is 7.74. The van der Waals surface area contributed by atoms with E-state index in [9.17, 15) is 4.39 Å². The number of rotatable bonds is 3. The average Bonchev–Trinajstić information content (AvgIpc) is 2.27. The number of hydrogen-bond donors (Lipinski definition) is 1. The number of thioether (sulfide) groups is 1. The highest BCUT2D eigenvalue weighted by atomic mass is 32.2. The van der Waals surface area contributed by atoms with Crippen molar-refractivity contribution in [2.45, 2.75) is 10.6 Å². The number of hydrogen-bond acceptors (Lipinski definition) is 3. The van der Waals surface area contributed by atoms with Gasteiger partial charge in [0.25, 0.3) is 0 Å². The van der Waals surface area contributed by atoms with Crippen LogP contribution < -0.4 is 5.73 Å². The molecule has 2 nitrogen and oxygen atoms in total. The van der Waals surface area contributed by atoms with Crippen LogP contribution in [0.2, 0.25) is 0 Å². The summed E-state index contributed by atoms with van der Waals surface area (Å²) >= 11 is 1.63. The minimum absolute atomic E-state index is 0.287. The highest BCUT2D eigenvalue weighted by Crippen LogP contribution is 2.23. The third-order valence-corrected chi connectivity index (χ3v) is 3.12. The van der Waals surface area contributed by atoms with Crippen molar-refractivity contribution in [3.63, 3.8) is 0 Å². The predicted molar refractivity (Wildman–Crippen MR) is 64.6 cm³/mol. The Kier molecular flexibility index (Phi) is 3.41. The Labute approximate surface area is 97.7 Å². The summed E-state index contributed by atoms with van der Waals surface area (Å²) in [5, 5.41) is 0. The van der Waals surface area contributed by atoms with Crippen molar-refractivity contribution >= 4 is 17.4 Å². The van der Waals surface area contributed by atoms with E-state index in [0.717, 1.165) is 10.5 Å². The van der Waals surface area contributed by atoms with Gasteiger partial charge in [0.15, 0.2) is 0 Å². The van der Waals surface area contributed by atoms with E-state index in [0.29, 0.717) is 11.4 Å². The van der Waals surface area contributed by atoms with Crippen LogP contribution in [0.1, 0.15) is 5.56 Å². The molecule has 0 spiro atoms.